The van der Waals surface area contributed by atoms with Crippen LogP contribution in [0.3, 0.4) is 0 Å². The third kappa shape index (κ3) is 2.85. The summed E-state index contributed by atoms with van der Waals surface area (Å²) in [6.07, 6.45) is 0. The number of tetrazole rings is 1. The van der Waals surface area contributed by atoms with E-state index in [2.05, 4.69) is 30.6 Å². The topological polar surface area (TPSA) is 150 Å². The highest BCUT2D eigenvalue weighted by molar-refractivity contribution is 5.89. The summed E-state index contributed by atoms with van der Waals surface area (Å²) in [5.41, 5.74) is 9.81. The lowest BCUT2D eigenvalue weighted by Gasteiger charge is -2.14. The minimum Gasteiger partial charge on any atom is -0.507 e. The van der Waals surface area contributed by atoms with E-state index in [4.69, 9.17) is 5.73 Å². The van der Waals surface area contributed by atoms with Crippen LogP contribution in [0.5, 0.6) is 11.5 Å². The maximum absolute atomic E-state index is 11.2. The summed E-state index contributed by atoms with van der Waals surface area (Å²) in [7, 11) is 0. The molecule has 0 saturated carbocycles. The van der Waals surface area contributed by atoms with Gasteiger partial charge in [0.15, 0.2) is 0 Å². The Morgan fingerprint density at radius 3 is 2.50 bits per heavy atom. The number of aromatic amines is 2. The summed E-state index contributed by atoms with van der Waals surface area (Å²) in [6.45, 7) is 0.168. The van der Waals surface area contributed by atoms with Crippen molar-refractivity contribution in [2.45, 2.75) is 6.54 Å². The van der Waals surface area contributed by atoms with Gasteiger partial charge in [-0.15, -0.1) is 10.2 Å². The molecule has 30 heavy (non-hydrogen) atoms. The van der Waals surface area contributed by atoms with Crippen LogP contribution in [0.25, 0.3) is 44.9 Å². The second kappa shape index (κ2) is 6.98. The Morgan fingerprint density at radius 2 is 1.73 bits per heavy atom. The number of nitrogens with zero attached hydrogens (tertiary/aromatic N) is 4. The molecule has 9 heteroatoms. The maximum Gasteiger partial charge on any atom is 0.204 e. The van der Waals surface area contributed by atoms with Gasteiger partial charge in [0.25, 0.3) is 0 Å². The number of hydrogen-bond acceptors (Lipinski definition) is 7. The van der Waals surface area contributed by atoms with Crippen LogP contribution in [0.1, 0.15) is 5.56 Å². The molecule has 0 atom stereocenters. The summed E-state index contributed by atoms with van der Waals surface area (Å²) >= 11 is 0. The van der Waals surface area contributed by atoms with E-state index in [1.165, 1.54) is 0 Å². The number of benzene rings is 3. The summed E-state index contributed by atoms with van der Waals surface area (Å²) in [5.74, 6) is 0.805. The fourth-order valence-electron chi connectivity index (χ4n) is 3.49. The fourth-order valence-corrected chi connectivity index (χ4v) is 3.49. The molecule has 148 valence electrons. The average molecular weight is 399 g/mol. The van der Waals surface area contributed by atoms with Crippen LogP contribution < -0.4 is 5.73 Å². The second-order valence-electron chi connectivity index (χ2n) is 6.78. The molecule has 0 saturated heterocycles. The van der Waals surface area contributed by atoms with Crippen molar-refractivity contribution in [3.05, 3.63) is 60.2 Å². The zero-order valence-electron chi connectivity index (χ0n) is 15.7. The lowest BCUT2D eigenvalue weighted by molar-refractivity contribution is 0.465. The van der Waals surface area contributed by atoms with Gasteiger partial charge >= 0.3 is 0 Å². The van der Waals surface area contributed by atoms with E-state index in [9.17, 15) is 10.2 Å². The van der Waals surface area contributed by atoms with Crippen molar-refractivity contribution >= 4 is 11.0 Å². The standard InChI is InChI=1S/C21H17N7O2/c22-10-11-4-3-5-13(18(11)29)14-8-12(20-25-27-28-26-20)9-15(19(14)30)21-23-16-6-1-2-7-17(16)24-21/h1-9,29-30H,10,22H2,(H,23,24)(H,25,26,27,28). The first-order valence-corrected chi connectivity index (χ1v) is 9.23. The molecule has 0 aliphatic carbocycles. The SMILES string of the molecule is NCc1cccc(-c2cc(-c3nn[nH]n3)cc(-c3nc4ccccc4[nH]3)c2O)c1O. The van der Waals surface area contributed by atoms with Gasteiger partial charge in [-0.05, 0) is 29.5 Å². The molecule has 0 aliphatic heterocycles. The molecule has 2 aromatic heterocycles. The number of phenols is 2. The largest absolute Gasteiger partial charge is 0.507 e. The van der Waals surface area contributed by atoms with Crippen LogP contribution >= 0.6 is 0 Å². The minimum absolute atomic E-state index is 0.0103. The molecular weight excluding hydrogens is 382 g/mol. The van der Waals surface area contributed by atoms with Crippen LogP contribution in [-0.4, -0.2) is 40.8 Å². The van der Waals surface area contributed by atoms with Gasteiger partial charge < -0.3 is 20.9 Å². The number of H-pyrrole nitrogens is 2. The predicted molar refractivity (Wildman–Crippen MR) is 111 cm³/mol. The van der Waals surface area contributed by atoms with Gasteiger partial charge in [0.1, 0.15) is 17.3 Å². The molecule has 2 heterocycles. The molecule has 0 amide bonds. The Balaban J connectivity index is 1.79. The number of aromatic hydroxyl groups is 2. The van der Waals surface area contributed by atoms with Crippen molar-refractivity contribution in [2.24, 2.45) is 5.73 Å². The lowest BCUT2D eigenvalue weighted by atomic mass is 9.95. The second-order valence-corrected chi connectivity index (χ2v) is 6.78. The highest BCUT2D eigenvalue weighted by Crippen LogP contribution is 2.44. The molecule has 0 fully saturated rings. The summed E-state index contributed by atoms with van der Waals surface area (Å²) in [4.78, 5) is 7.82. The molecule has 5 aromatic rings. The Morgan fingerprint density at radius 1 is 0.900 bits per heavy atom. The normalized spacial score (nSPS) is 11.2. The number of nitrogens with one attached hydrogen (secondary N) is 2. The molecular formula is C21H17N7O2. The van der Waals surface area contributed by atoms with Crippen molar-refractivity contribution in [1.29, 1.82) is 0 Å². The smallest absolute Gasteiger partial charge is 0.204 e. The number of fused-ring (bicyclic) bond motifs is 1. The first-order valence-electron chi connectivity index (χ1n) is 9.23. The van der Waals surface area contributed by atoms with E-state index < -0.39 is 0 Å². The Hall–Kier alpha value is -4.24. The first-order chi connectivity index (χ1) is 14.7. The van der Waals surface area contributed by atoms with E-state index in [1.807, 2.05) is 24.3 Å². The van der Waals surface area contributed by atoms with Gasteiger partial charge in [-0.3, -0.25) is 0 Å². The van der Waals surface area contributed by atoms with E-state index in [1.54, 1.807) is 30.3 Å². The van der Waals surface area contributed by atoms with Gasteiger partial charge in [0.05, 0.1) is 16.6 Å². The van der Waals surface area contributed by atoms with E-state index >= 15 is 0 Å². The molecule has 5 rings (SSSR count). The van der Waals surface area contributed by atoms with Gasteiger partial charge in [-0.2, -0.15) is 5.21 Å². The van der Waals surface area contributed by atoms with Crippen LogP contribution in [0.15, 0.2) is 54.6 Å². The number of phenolic OH excluding ortho intramolecular Hbond substituents is 2. The van der Waals surface area contributed by atoms with Gasteiger partial charge in [-0.25, -0.2) is 4.98 Å². The maximum atomic E-state index is 11.2. The Bertz CT molecular complexity index is 1330. The molecule has 0 aliphatic rings. The average Bonchev–Trinajstić information content (AvgIpc) is 3.44. The summed E-state index contributed by atoms with van der Waals surface area (Å²) < 4.78 is 0. The first kappa shape index (κ1) is 17.8. The van der Waals surface area contributed by atoms with Crippen LogP contribution in [0, 0.1) is 0 Å². The number of imidazole rings is 1. The van der Waals surface area contributed by atoms with Crippen molar-refractivity contribution in [3.63, 3.8) is 0 Å². The van der Waals surface area contributed by atoms with Crippen molar-refractivity contribution in [2.75, 3.05) is 0 Å². The number of rotatable bonds is 4. The minimum atomic E-state index is -0.0363. The number of nitrogens with two attached hydrogens (primary N) is 1. The Kier molecular flexibility index (Phi) is 4.15. The molecule has 9 nitrogen and oxygen atoms in total. The number of hydrogen-bond donors (Lipinski definition) is 5. The molecule has 0 spiro atoms. The fraction of sp³-hybridized carbons (Fsp3) is 0.0476. The molecule has 0 radical (unpaired) electrons. The summed E-state index contributed by atoms with van der Waals surface area (Å²) in [6, 6.07) is 16.2. The van der Waals surface area contributed by atoms with Gasteiger partial charge in [0, 0.05) is 28.8 Å². The summed E-state index contributed by atoms with van der Waals surface area (Å²) in [5, 5.41) is 36.0. The van der Waals surface area contributed by atoms with Crippen LogP contribution in [0.2, 0.25) is 0 Å². The third-order valence-electron chi connectivity index (χ3n) is 4.99. The van der Waals surface area contributed by atoms with Crippen LogP contribution in [0.4, 0.5) is 0 Å². The number of aromatic nitrogens is 6. The van der Waals surface area contributed by atoms with E-state index in [0.717, 1.165) is 11.0 Å². The predicted octanol–water partition coefficient (Wildman–Crippen LogP) is 2.95. The zero-order chi connectivity index (χ0) is 20.7. The Labute approximate surface area is 170 Å². The van der Waals surface area contributed by atoms with Gasteiger partial charge in [-0.1, -0.05) is 30.3 Å². The van der Waals surface area contributed by atoms with E-state index in [-0.39, 0.29) is 18.0 Å². The van der Waals surface area contributed by atoms with Gasteiger partial charge in [0.2, 0.25) is 5.82 Å². The van der Waals surface area contributed by atoms with Crippen molar-refractivity contribution in [3.8, 4) is 45.4 Å². The highest BCUT2D eigenvalue weighted by atomic mass is 16.3. The van der Waals surface area contributed by atoms with Crippen LogP contribution in [-0.2, 0) is 6.54 Å². The molecule has 6 N–H and O–H groups in total. The number of para-hydroxylation sites is 3. The monoisotopic (exact) mass is 399 g/mol. The van der Waals surface area contributed by atoms with Crippen molar-refractivity contribution < 1.29 is 10.2 Å². The third-order valence-corrected chi connectivity index (χ3v) is 4.99. The van der Waals surface area contributed by atoms with E-state index in [0.29, 0.717) is 39.5 Å². The molecule has 0 unspecified atom stereocenters. The quantitative estimate of drug-likeness (QED) is 0.312. The highest BCUT2D eigenvalue weighted by Gasteiger charge is 2.20. The molecule has 3 aromatic carbocycles. The zero-order valence-corrected chi connectivity index (χ0v) is 15.7. The van der Waals surface area contributed by atoms with Crippen molar-refractivity contribution in [1.82, 2.24) is 30.6 Å². The molecule has 0 bridgehead atoms. The lowest BCUT2D eigenvalue weighted by Crippen LogP contribution is -1.97.